The summed E-state index contributed by atoms with van der Waals surface area (Å²) in [7, 11) is 0. The molecule has 0 spiro atoms. The van der Waals surface area contributed by atoms with Crippen LogP contribution in [-0.2, 0) is 6.54 Å². The summed E-state index contributed by atoms with van der Waals surface area (Å²) in [4.78, 5) is 13.8. The molecular weight excluding hydrogens is 273 g/mol. The normalized spacial score (nSPS) is 16.0. The first kappa shape index (κ1) is 14.9. The van der Waals surface area contributed by atoms with Crippen LogP contribution in [0.5, 0.6) is 0 Å². The average molecular weight is 290 g/mol. The number of alkyl halides is 3. The third-order valence-corrected chi connectivity index (χ3v) is 3.52. The molecule has 1 aliphatic rings. The molecule has 20 heavy (non-hydrogen) atoms. The van der Waals surface area contributed by atoms with Crippen molar-refractivity contribution in [1.29, 1.82) is 0 Å². The summed E-state index contributed by atoms with van der Waals surface area (Å²) >= 11 is 0. The molecule has 112 valence electrons. The Morgan fingerprint density at radius 3 is 2.65 bits per heavy atom. The second-order valence-electron chi connectivity index (χ2n) is 4.94. The van der Waals surface area contributed by atoms with Gasteiger partial charge in [0.25, 0.3) is 5.91 Å². The molecule has 0 atom stereocenters. The quantitative estimate of drug-likeness (QED) is 0.902. The summed E-state index contributed by atoms with van der Waals surface area (Å²) in [5, 5.41) is 9.03. The van der Waals surface area contributed by atoms with Gasteiger partial charge in [0.15, 0.2) is 0 Å². The molecule has 1 aromatic rings. The number of halogens is 3. The zero-order valence-corrected chi connectivity index (χ0v) is 10.9. The van der Waals surface area contributed by atoms with Gasteiger partial charge in [0.1, 0.15) is 12.2 Å². The minimum absolute atomic E-state index is 0.0164. The fourth-order valence-electron chi connectivity index (χ4n) is 2.34. The first-order valence-electron chi connectivity index (χ1n) is 6.56. The Morgan fingerprint density at radius 1 is 1.45 bits per heavy atom. The number of aliphatic hydroxyl groups is 1. The van der Waals surface area contributed by atoms with Crippen molar-refractivity contribution in [2.75, 3.05) is 13.2 Å². The van der Waals surface area contributed by atoms with Gasteiger partial charge in [-0.3, -0.25) is 4.79 Å². The van der Waals surface area contributed by atoms with Gasteiger partial charge in [0.05, 0.1) is 6.61 Å². The van der Waals surface area contributed by atoms with Gasteiger partial charge in [-0.2, -0.15) is 13.2 Å². The van der Waals surface area contributed by atoms with Gasteiger partial charge in [-0.1, -0.05) is 0 Å². The van der Waals surface area contributed by atoms with Crippen molar-refractivity contribution < 1.29 is 23.1 Å². The second-order valence-corrected chi connectivity index (χ2v) is 4.94. The SMILES string of the molecule is O=C(c1cccn1CC(F)(F)F)N(CCO)C1CCC1. The summed E-state index contributed by atoms with van der Waals surface area (Å²) < 4.78 is 38.3. The molecular formula is C13H17F3N2O2. The molecule has 0 radical (unpaired) electrons. The monoisotopic (exact) mass is 290 g/mol. The zero-order valence-electron chi connectivity index (χ0n) is 10.9. The third-order valence-electron chi connectivity index (χ3n) is 3.52. The maximum absolute atomic E-state index is 12.5. The van der Waals surface area contributed by atoms with Gasteiger partial charge < -0.3 is 14.6 Å². The number of rotatable bonds is 5. The van der Waals surface area contributed by atoms with Gasteiger partial charge in [0.2, 0.25) is 0 Å². The topological polar surface area (TPSA) is 45.5 Å². The van der Waals surface area contributed by atoms with Gasteiger partial charge in [0, 0.05) is 18.8 Å². The number of aliphatic hydroxyl groups excluding tert-OH is 1. The Morgan fingerprint density at radius 2 is 2.15 bits per heavy atom. The molecule has 1 N–H and O–H groups in total. The van der Waals surface area contributed by atoms with E-state index in [9.17, 15) is 18.0 Å². The van der Waals surface area contributed by atoms with E-state index < -0.39 is 18.6 Å². The number of aromatic nitrogens is 1. The molecule has 0 unspecified atom stereocenters. The maximum atomic E-state index is 12.5. The lowest BCUT2D eigenvalue weighted by molar-refractivity contribution is -0.140. The van der Waals surface area contributed by atoms with Crippen LogP contribution in [0.3, 0.4) is 0 Å². The van der Waals surface area contributed by atoms with Gasteiger partial charge >= 0.3 is 6.18 Å². The van der Waals surface area contributed by atoms with E-state index in [0.29, 0.717) is 0 Å². The Balaban J connectivity index is 2.16. The largest absolute Gasteiger partial charge is 0.406 e. The Bertz CT molecular complexity index is 466. The van der Waals surface area contributed by atoms with E-state index in [1.54, 1.807) is 0 Å². The first-order valence-corrected chi connectivity index (χ1v) is 6.56. The highest BCUT2D eigenvalue weighted by atomic mass is 19.4. The number of nitrogens with zero attached hydrogens (tertiary/aromatic N) is 2. The highest BCUT2D eigenvalue weighted by molar-refractivity contribution is 5.93. The molecule has 1 fully saturated rings. The van der Waals surface area contributed by atoms with E-state index in [1.165, 1.54) is 23.2 Å². The van der Waals surface area contributed by atoms with Crippen LogP contribution < -0.4 is 0 Å². The van der Waals surface area contributed by atoms with E-state index >= 15 is 0 Å². The molecule has 1 aliphatic carbocycles. The van der Waals surface area contributed by atoms with Crippen molar-refractivity contribution in [3.8, 4) is 0 Å². The van der Waals surface area contributed by atoms with E-state index in [-0.39, 0.29) is 24.9 Å². The molecule has 1 heterocycles. The van der Waals surface area contributed by atoms with Gasteiger partial charge in [-0.05, 0) is 31.4 Å². The first-order chi connectivity index (χ1) is 9.42. The van der Waals surface area contributed by atoms with E-state index in [0.717, 1.165) is 23.8 Å². The van der Waals surface area contributed by atoms with Gasteiger partial charge in [-0.15, -0.1) is 0 Å². The van der Waals surface area contributed by atoms with Crippen molar-refractivity contribution in [2.24, 2.45) is 0 Å². The molecule has 7 heteroatoms. The Kier molecular flexibility index (Phi) is 4.37. The van der Waals surface area contributed by atoms with Crippen LogP contribution in [0.25, 0.3) is 0 Å². The standard InChI is InChI=1S/C13H17F3N2O2/c14-13(15,16)9-17-6-2-5-11(17)12(20)18(7-8-19)10-3-1-4-10/h2,5-6,10,19H,1,3-4,7-9H2. The fraction of sp³-hybridized carbons (Fsp3) is 0.615. The number of hydrogen-bond donors (Lipinski definition) is 1. The van der Waals surface area contributed by atoms with Crippen LogP contribution in [0, 0.1) is 0 Å². The molecule has 0 bridgehead atoms. The molecule has 0 aliphatic heterocycles. The summed E-state index contributed by atoms with van der Waals surface area (Å²) in [6.45, 7) is -1.22. The van der Waals surface area contributed by atoms with Crippen LogP contribution in [0.2, 0.25) is 0 Å². The number of carbonyl (C=O) groups is 1. The lowest BCUT2D eigenvalue weighted by Gasteiger charge is -2.37. The van der Waals surface area contributed by atoms with Crippen molar-refractivity contribution in [2.45, 2.75) is 38.0 Å². The maximum Gasteiger partial charge on any atom is 0.406 e. The highest BCUT2D eigenvalue weighted by Crippen LogP contribution is 2.27. The minimum Gasteiger partial charge on any atom is -0.395 e. The summed E-state index contributed by atoms with van der Waals surface area (Å²) in [5.41, 5.74) is 0.0164. The second kappa shape index (κ2) is 5.87. The summed E-state index contributed by atoms with van der Waals surface area (Å²) in [6.07, 6.45) is -0.439. The highest BCUT2D eigenvalue weighted by Gasteiger charge is 2.33. The number of carbonyl (C=O) groups excluding carboxylic acids is 1. The predicted octanol–water partition coefficient (Wildman–Crippen LogP) is 2.04. The minimum atomic E-state index is -4.37. The van der Waals surface area contributed by atoms with Crippen molar-refractivity contribution in [1.82, 2.24) is 9.47 Å². The summed E-state index contributed by atoms with van der Waals surface area (Å²) in [5.74, 6) is -0.446. The Hall–Kier alpha value is -1.50. The predicted molar refractivity (Wildman–Crippen MR) is 66.2 cm³/mol. The summed E-state index contributed by atoms with van der Waals surface area (Å²) in [6, 6.07) is 2.84. The lowest BCUT2D eigenvalue weighted by atomic mass is 9.91. The Labute approximate surface area is 114 Å². The van der Waals surface area contributed by atoms with E-state index in [2.05, 4.69) is 0 Å². The molecule has 2 rings (SSSR count). The molecule has 4 nitrogen and oxygen atoms in total. The van der Waals surface area contributed by atoms with Crippen LogP contribution in [0.4, 0.5) is 13.2 Å². The lowest BCUT2D eigenvalue weighted by Crippen LogP contribution is -2.46. The number of hydrogen-bond acceptors (Lipinski definition) is 2. The zero-order chi connectivity index (χ0) is 14.8. The molecule has 1 aromatic heterocycles. The molecule has 0 aromatic carbocycles. The molecule has 1 amide bonds. The smallest absolute Gasteiger partial charge is 0.395 e. The van der Waals surface area contributed by atoms with Crippen molar-refractivity contribution in [3.63, 3.8) is 0 Å². The van der Waals surface area contributed by atoms with E-state index in [1.807, 2.05) is 0 Å². The average Bonchev–Trinajstić information content (AvgIpc) is 2.70. The van der Waals surface area contributed by atoms with E-state index in [4.69, 9.17) is 5.11 Å². The van der Waals surface area contributed by atoms with Crippen LogP contribution in [0.1, 0.15) is 29.8 Å². The third kappa shape index (κ3) is 3.33. The van der Waals surface area contributed by atoms with Crippen LogP contribution in [0.15, 0.2) is 18.3 Å². The number of amides is 1. The molecule has 1 saturated carbocycles. The fourth-order valence-corrected chi connectivity index (χ4v) is 2.34. The van der Waals surface area contributed by atoms with Crippen LogP contribution in [-0.4, -0.2) is 45.9 Å². The van der Waals surface area contributed by atoms with Crippen molar-refractivity contribution in [3.05, 3.63) is 24.0 Å². The van der Waals surface area contributed by atoms with Crippen molar-refractivity contribution >= 4 is 5.91 Å². The van der Waals surface area contributed by atoms with Gasteiger partial charge in [-0.25, -0.2) is 0 Å². The van der Waals surface area contributed by atoms with Crippen LogP contribution >= 0.6 is 0 Å². The molecule has 0 saturated heterocycles.